The number of alkyl halides is 3. The molecule has 3 nitrogen and oxygen atoms in total. The van der Waals surface area contributed by atoms with Gasteiger partial charge in [-0.2, -0.15) is 18.4 Å². The molecule has 0 spiro atoms. The summed E-state index contributed by atoms with van der Waals surface area (Å²) in [6.45, 7) is 2.72. The molecule has 1 fully saturated rings. The Morgan fingerprint density at radius 2 is 2.12 bits per heavy atom. The van der Waals surface area contributed by atoms with Crippen LogP contribution in [0.15, 0.2) is 0 Å². The van der Waals surface area contributed by atoms with Crippen molar-refractivity contribution in [3.8, 4) is 6.07 Å². The lowest BCUT2D eigenvalue weighted by atomic mass is 9.95. The first-order valence-corrected chi connectivity index (χ1v) is 5.27. The lowest BCUT2D eigenvalue weighted by Gasteiger charge is -2.35. The summed E-state index contributed by atoms with van der Waals surface area (Å²) in [5.41, 5.74) is 5.74. The highest BCUT2D eigenvalue weighted by Crippen LogP contribution is 2.27. The van der Waals surface area contributed by atoms with Gasteiger partial charge in [-0.15, -0.1) is 0 Å². The minimum Gasteiger partial charge on any atom is -0.327 e. The Morgan fingerprint density at radius 3 is 2.56 bits per heavy atom. The van der Waals surface area contributed by atoms with Crippen LogP contribution in [0.1, 0.15) is 13.3 Å². The van der Waals surface area contributed by atoms with Crippen molar-refractivity contribution in [2.24, 2.45) is 17.6 Å². The average molecular weight is 235 g/mol. The van der Waals surface area contributed by atoms with E-state index in [0.717, 1.165) is 6.42 Å². The minimum absolute atomic E-state index is 0.0867. The maximum absolute atomic E-state index is 12.4. The molecule has 0 saturated carbocycles. The SMILES string of the molecule is CC1CC(N)CN(CC(C#N)C(F)(F)F)C1. The zero-order chi connectivity index (χ0) is 12.3. The molecular formula is C10H16F3N3. The van der Waals surface area contributed by atoms with Crippen molar-refractivity contribution in [3.63, 3.8) is 0 Å². The molecule has 0 radical (unpaired) electrons. The summed E-state index contributed by atoms with van der Waals surface area (Å²) in [5.74, 6) is -1.62. The molecule has 0 bridgehead atoms. The van der Waals surface area contributed by atoms with Gasteiger partial charge in [0.15, 0.2) is 5.92 Å². The summed E-state index contributed by atoms with van der Waals surface area (Å²) in [6.07, 6.45) is -3.61. The summed E-state index contributed by atoms with van der Waals surface area (Å²) in [4.78, 5) is 1.64. The van der Waals surface area contributed by atoms with Crippen LogP contribution in [-0.4, -0.2) is 36.8 Å². The van der Waals surface area contributed by atoms with Crippen LogP contribution >= 0.6 is 0 Å². The van der Waals surface area contributed by atoms with E-state index in [1.54, 1.807) is 4.90 Å². The average Bonchev–Trinajstić information content (AvgIpc) is 2.10. The van der Waals surface area contributed by atoms with Crippen LogP contribution in [0.25, 0.3) is 0 Å². The predicted molar refractivity (Wildman–Crippen MR) is 53.4 cm³/mol. The van der Waals surface area contributed by atoms with Crippen molar-refractivity contribution in [2.75, 3.05) is 19.6 Å². The molecule has 1 heterocycles. The molecule has 16 heavy (non-hydrogen) atoms. The Kier molecular flexibility index (Phi) is 4.16. The second kappa shape index (κ2) is 5.02. The van der Waals surface area contributed by atoms with Gasteiger partial charge in [0, 0.05) is 25.7 Å². The molecule has 92 valence electrons. The topological polar surface area (TPSA) is 53.0 Å². The maximum atomic E-state index is 12.4. The Hall–Kier alpha value is -0.800. The fraction of sp³-hybridized carbons (Fsp3) is 0.900. The Labute approximate surface area is 93.0 Å². The molecule has 1 aliphatic rings. The van der Waals surface area contributed by atoms with E-state index in [2.05, 4.69) is 0 Å². The normalized spacial score (nSPS) is 29.8. The highest BCUT2D eigenvalue weighted by molar-refractivity contribution is 4.92. The van der Waals surface area contributed by atoms with Gasteiger partial charge in [-0.05, 0) is 12.3 Å². The third-order valence-corrected chi connectivity index (χ3v) is 2.76. The van der Waals surface area contributed by atoms with E-state index in [1.165, 1.54) is 6.07 Å². The standard InChI is InChI=1S/C10H16F3N3/c1-7-2-9(15)6-16(4-7)5-8(3-14)10(11,12)13/h7-9H,2,4-6,15H2,1H3. The van der Waals surface area contributed by atoms with Gasteiger partial charge in [0.05, 0.1) is 6.07 Å². The molecule has 6 heteroatoms. The Bertz CT molecular complexity index is 261. The van der Waals surface area contributed by atoms with Gasteiger partial charge in [0.2, 0.25) is 0 Å². The second-order valence-electron chi connectivity index (χ2n) is 4.54. The quantitative estimate of drug-likeness (QED) is 0.786. The van der Waals surface area contributed by atoms with Crippen molar-refractivity contribution in [1.82, 2.24) is 4.90 Å². The first kappa shape index (κ1) is 13.3. The number of likely N-dealkylation sites (tertiary alicyclic amines) is 1. The van der Waals surface area contributed by atoms with E-state index < -0.39 is 12.1 Å². The Balaban J connectivity index is 2.56. The van der Waals surface area contributed by atoms with Crippen molar-refractivity contribution < 1.29 is 13.2 Å². The van der Waals surface area contributed by atoms with Crippen LogP contribution in [0.5, 0.6) is 0 Å². The van der Waals surface area contributed by atoms with Crippen molar-refractivity contribution in [2.45, 2.75) is 25.6 Å². The monoisotopic (exact) mass is 235 g/mol. The third kappa shape index (κ3) is 3.65. The van der Waals surface area contributed by atoms with Crippen molar-refractivity contribution in [1.29, 1.82) is 5.26 Å². The van der Waals surface area contributed by atoms with Crippen LogP contribution in [0.3, 0.4) is 0 Å². The number of rotatable bonds is 2. The van der Waals surface area contributed by atoms with Gasteiger partial charge in [-0.1, -0.05) is 6.92 Å². The number of halogens is 3. The molecule has 0 aromatic heterocycles. The van der Waals surface area contributed by atoms with Crippen LogP contribution < -0.4 is 5.73 Å². The smallest absolute Gasteiger partial charge is 0.327 e. The lowest BCUT2D eigenvalue weighted by molar-refractivity contribution is -0.164. The maximum Gasteiger partial charge on any atom is 0.405 e. The molecule has 0 aromatic carbocycles. The van der Waals surface area contributed by atoms with Crippen LogP contribution in [-0.2, 0) is 0 Å². The third-order valence-electron chi connectivity index (χ3n) is 2.76. The second-order valence-corrected chi connectivity index (χ2v) is 4.54. The number of nitrogens with two attached hydrogens (primary N) is 1. The van der Waals surface area contributed by atoms with Gasteiger partial charge in [0.25, 0.3) is 0 Å². The van der Waals surface area contributed by atoms with E-state index in [1.807, 2.05) is 6.92 Å². The number of piperidine rings is 1. The van der Waals surface area contributed by atoms with Gasteiger partial charge < -0.3 is 5.73 Å². The van der Waals surface area contributed by atoms with Crippen molar-refractivity contribution in [3.05, 3.63) is 0 Å². The number of hydrogen-bond donors (Lipinski definition) is 1. The fourth-order valence-corrected chi connectivity index (χ4v) is 2.14. The molecule has 0 amide bonds. The minimum atomic E-state index is -4.44. The van der Waals surface area contributed by atoms with E-state index in [4.69, 9.17) is 11.0 Å². The molecule has 1 rings (SSSR count). The summed E-state index contributed by atoms with van der Waals surface area (Å²) < 4.78 is 37.2. The molecule has 0 aliphatic carbocycles. The number of nitriles is 1. The van der Waals surface area contributed by atoms with Gasteiger partial charge >= 0.3 is 6.18 Å². The van der Waals surface area contributed by atoms with E-state index >= 15 is 0 Å². The fourth-order valence-electron chi connectivity index (χ4n) is 2.14. The van der Waals surface area contributed by atoms with E-state index in [9.17, 15) is 13.2 Å². The summed E-state index contributed by atoms with van der Waals surface area (Å²) in [7, 11) is 0. The summed E-state index contributed by atoms with van der Waals surface area (Å²) in [5, 5.41) is 8.50. The van der Waals surface area contributed by atoms with Gasteiger partial charge in [-0.3, -0.25) is 4.90 Å². The highest BCUT2D eigenvalue weighted by atomic mass is 19.4. The predicted octanol–water partition coefficient (Wildman–Crippen LogP) is 1.36. The molecule has 2 N–H and O–H groups in total. The van der Waals surface area contributed by atoms with Gasteiger partial charge in [-0.25, -0.2) is 0 Å². The van der Waals surface area contributed by atoms with Gasteiger partial charge in [0.1, 0.15) is 0 Å². The molecule has 1 aliphatic heterocycles. The lowest BCUT2D eigenvalue weighted by Crippen LogP contribution is -2.49. The van der Waals surface area contributed by atoms with Crippen molar-refractivity contribution >= 4 is 0 Å². The zero-order valence-corrected chi connectivity index (χ0v) is 9.17. The summed E-state index contributed by atoms with van der Waals surface area (Å²) >= 11 is 0. The highest BCUT2D eigenvalue weighted by Gasteiger charge is 2.41. The van der Waals surface area contributed by atoms with E-state index in [-0.39, 0.29) is 18.5 Å². The molecule has 3 atom stereocenters. The van der Waals surface area contributed by atoms with Crippen LogP contribution in [0, 0.1) is 23.2 Å². The van der Waals surface area contributed by atoms with Crippen LogP contribution in [0.2, 0.25) is 0 Å². The largest absolute Gasteiger partial charge is 0.405 e. The first-order chi connectivity index (χ1) is 7.32. The number of nitrogens with zero attached hydrogens (tertiary/aromatic N) is 2. The van der Waals surface area contributed by atoms with E-state index in [0.29, 0.717) is 13.1 Å². The zero-order valence-electron chi connectivity index (χ0n) is 9.17. The number of hydrogen-bond acceptors (Lipinski definition) is 3. The molecular weight excluding hydrogens is 219 g/mol. The first-order valence-electron chi connectivity index (χ1n) is 5.27. The van der Waals surface area contributed by atoms with Crippen LogP contribution in [0.4, 0.5) is 13.2 Å². The molecule has 3 unspecified atom stereocenters. The Morgan fingerprint density at radius 1 is 1.50 bits per heavy atom. The summed E-state index contributed by atoms with van der Waals surface area (Å²) in [6, 6.07) is 1.22. The molecule has 0 aromatic rings. The molecule has 1 saturated heterocycles.